The van der Waals surface area contributed by atoms with Crippen molar-refractivity contribution in [1.29, 1.82) is 0 Å². The number of nitrogens with one attached hydrogen (secondary N) is 2. The Bertz CT molecular complexity index is 2330. The van der Waals surface area contributed by atoms with Crippen LogP contribution in [-0.2, 0) is 17.5 Å². The summed E-state index contributed by atoms with van der Waals surface area (Å²) in [7, 11) is 1.82. The third-order valence-electron chi connectivity index (χ3n) is 12.2. The van der Waals surface area contributed by atoms with E-state index in [4.69, 9.17) is 5.10 Å². The molecule has 1 unspecified atom stereocenters. The minimum Gasteiger partial charge on any atom is -0.354 e. The molecule has 0 spiro atoms. The molecule has 296 valence electrons. The molecule has 56 heavy (non-hydrogen) atoms. The molecule has 0 bridgehead atoms. The lowest BCUT2D eigenvalue weighted by atomic mass is 9.84. The molecule has 2 aliphatic heterocycles. The van der Waals surface area contributed by atoms with Gasteiger partial charge >= 0.3 is 5.69 Å². The van der Waals surface area contributed by atoms with E-state index in [9.17, 15) is 27.6 Å². The first-order valence-electron chi connectivity index (χ1n) is 19.8. The van der Waals surface area contributed by atoms with Gasteiger partial charge in [-0.2, -0.15) is 5.10 Å². The fourth-order valence-electron chi connectivity index (χ4n) is 9.15. The van der Waals surface area contributed by atoms with Gasteiger partial charge in [0, 0.05) is 37.3 Å². The van der Waals surface area contributed by atoms with Crippen molar-refractivity contribution >= 4 is 39.4 Å². The molecule has 2 aromatic carbocycles. The number of benzene rings is 2. The van der Waals surface area contributed by atoms with Crippen molar-refractivity contribution in [3.8, 4) is 0 Å². The van der Waals surface area contributed by atoms with Crippen LogP contribution in [0.5, 0.6) is 0 Å². The van der Waals surface area contributed by atoms with Crippen LogP contribution in [-0.4, -0.2) is 66.8 Å². The Kier molecular flexibility index (Phi) is 10.3. The molecule has 2 N–H and O–H groups in total. The average Bonchev–Trinajstić information content (AvgIpc) is 3.72. The number of pyridine rings is 1. The molecule has 2 amide bonds. The summed E-state index contributed by atoms with van der Waals surface area (Å²) < 4.78 is 48.2. The fourth-order valence-corrected chi connectivity index (χ4v) is 9.15. The number of halogens is 3. The number of rotatable bonds is 9. The SMILES string of the molecule is Cn1c(=O)n(C2CCCNC2=O)c2cccc(C3CCN(CC4CCC(n5cc6cc(NC(=O)c7cccc(C(C)(C)F)n7)c(C(F)F)cc6n5)CC4)CC3)c21. The highest BCUT2D eigenvalue weighted by Crippen LogP contribution is 2.38. The molecule has 1 atom stereocenters. The van der Waals surface area contributed by atoms with Gasteiger partial charge in [0.1, 0.15) is 17.4 Å². The van der Waals surface area contributed by atoms with Gasteiger partial charge in [-0.3, -0.25) is 23.4 Å². The van der Waals surface area contributed by atoms with Crippen LogP contribution >= 0.6 is 0 Å². The largest absolute Gasteiger partial charge is 0.354 e. The molecule has 8 rings (SSSR count). The molecule has 3 aromatic heterocycles. The number of amides is 2. The molecular formula is C42H49F3N8O3. The first-order chi connectivity index (χ1) is 26.9. The second kappa shape index (κ2) is 15.2. The Morgan fingerprint density at radius 1 is 1.00 bits per heavy atom. The van der Waals surface area contributed by atoms with Gasteiger partial charge in [-0.15, -0.1) is 0 Å². The number of anilines is 1. The average molecular weight is 771 g/mol. The normalized spacial score (nSPS) is 21.6. The number of aromatic nitrogens is 5. The maximum atomic E-state index is 14.5. The van der Waals surface area contributed by atoms with E-state index in [0.29, 0.717) is 35.7 Å². The van der Waals surface area contributed by atoms with E-state index in [2.05, 4.69) is 26.6 Å². The lowest BCUT2D eigenvalue weighted by molar-refractivity contribution is -0.125. The van der Waals surface area contributed by atoms with E-state index in [1.807, 2.05) is 30.1 Å². The number of hydrogen-bond donors (Lipinski definition) is 2. The van der Waals surface area contributed by atoms with Crippen LogP contribution in [0, 0.1) is 5.92 Å². The fraction of sp³-hybridized carbons (Fsp3) is 0.500. The number of hydrogen-bond acceptors (Lipinski definition) is 6. The van der Waals surface area contributed by atoms with Gasteiger partial charge in [-0.1, -0.05) is 18.2 Å². The summed E-state index contributed by atoms with van der Waals surface area (Å²) in [6, 6.07) is 13.1. The minimum absolute atomic E-state index is 0.0242. The number of carbonyl (C=O) groups excluding carboxylic acids is 2. The quantitative estimate of drug-likeness (QED) is 0.160. The number of carbonyl (C=O) groups is 2. The predicted octanol–water partition coefficient (Wildman–Crippen LogP) is 7.54. The van der Waals surface area contributed by atoms with E-state index in [1.54, 1.807) is 9.13 Å². The zero-order valence-corrected chi connectivity index (χ0v) is 32.1. The topological polar surface area (TPSA) is 119 Å². The first kappa shape index (κ1) is 37.9. The van der Waals surface area contributed by atoms with E-state index in [1.165, 1.54) is 49.7 Å². The third-order valence-corrected chi connectivity index (χ3v) is 12.2. The van der Waals surface area contributed by atoms with Gasteiger partial charge in [-0.05, 0) is 126 Å². The van der Waals surface area contributed by atoms with Crippen molar-refractivity contribution in [2.75, 3.05) is 31.5 Å². The monoisotopic (exact) mass is 770 g/mol. The van der Waals surface area contributed by atoms with Crippen molar-refractivity contribution in [2.24, 2.45) is 13.0 Å². The van der Waals surface area contributed by atoms with Crippen LogP contribution in [0.1, 0.15) is 117 Å². The van der Waals surface area contributed by atoms with Gasteiger partial charge in [0.15, 0.2) is 0 Å². The van der Waals surface area contributed by atoms with Crippen LogP contribution in [0.2, 0.25) is 0 Å². The summed E-state index contributed by atoms with van der Waals surface area (Å²) in [4.78, 5) is 45.9. The van der Waals surface area contributed by atoms with Crippen LogP contribution in [0.3, 0.4) is 0 Å². The van der Waals surface area contributed by atoms with Crippen molar-refractivity contribution in [2.45, 2.75) is 95.3 Å². The molecule has 3 aliphatic rings. The highest BCUT2D eigenvalue weighted by molar-refractivity contribution is 6.04. The van der Waals surface area contributed by atoms with Gasteiger partial charge < -0.3 is 15.5 Å². The summed E-state index contributed by atoms with van der Waals surface area (Å²) in [5, 5.41) is 10.9. The zero-order valence-electron chi connectivity index (χ0n) is 32.1. The Hall–Kier alpha value is -4.98. The third kappa shape index (κ3) is 7.35. The smallest absolute Gasteiger partial charge is 0.329 e. The summed E-state index contributed by atoms with van der Waals surface area (Å²) in [6.45, 7) is 6.31. The first-order valence-corrected chi connectivity index (χ1v) is 19.8. The highest BCUT2D eigenvalue weighted by atomic mass is 19.3. The van der Waals surface area contributed by atoms with E-state index in [-0.39, 0.29) is 40.3 Å². The second-order valence-corrected chi connectivity index (χ2v) is 16.4. The predicted molar refractivity (Wildman–Crippen MR) is 209 cm³/mol. The number of nitrogens with zero attached hydrogens (tertiary/aromatic N) is 6. The molecule has 1 aliphatic carbocycles. The number of fused-ring (bicyclic) bond motifs is 2. The highest BCUT2D eigenvalue weighted by Gasteiger charge is 2.32. The number of aryl methyl sites for hydroxylation is 1. The molecule has 2 saturated heterocycles. The maximum absolute atomic E-state index is 14.5. The Morgan fingerprint density at radius 3 is 2.46 bits per heavy atom. The van der Waals surface area contributed by atoms with Crippen molar-refractivity contribution in [1.82, 2.24) is 34.1 Å². The molecule has 1 saturated carbocycles. The van der Waals surface area contributed by atoms with Gasteiger partial charge in [-0.25, -0.2) is 22.9 Å². The zero-order chi connectivity index (χ0) is 39.3. The second-order valence-electron chi connectivity index (χ2n) is 16.4. The number of para-hydroxylation sites is 1. The summed E-state index contributed by atoms with van der Waals surface area (Å²) in [5.41, 5.74) is 1.15. The number of piperidine rings is 2. The molecule has 5 aromatic rings. The van der Waals surface area contributed by atoms with Crippen LogP contribution < -0.4 is 16.3 Å². The van der Waals surface area contributed by atoms with Gasteiger partial charge in [0.05, 0.1) is 34.0 Å². The Morgan fingerprint density at radius 2 is 1.75 bits per heavy atom. The Labute approximate surface area is 323 Å². The molecule has 5 heterocycles. The van der Waals surface area contributed by atoms with Crippen LogP contribution in [0.25, 0.3) is 21.9 Å². The van der Waals surface area contributed by atoms with Crippen LogP contribution in [0.4, 0.5) is 18.9 Å². The Balaban J connectivity index is 0.888. The van der Waals surface area contributed by atoms with Crippen molar-refractivity contribution in [3.63, 3.8) is 0 Å². The molecule has 0 radical (unpaired) electrons. The van der Waals surface area contributed by atoms with E-state index < -0.39 is 24.0 Å². The maximum Gasteiger partial charge on any atom is 0.329 e. The summed E-state index contributed by atoms with van der Waals surface area (Å²) in [6.07, 6.45) is 6.48. The lowest BCUT2D eigenvalue weighted by Crippen LogP contribution is -2.41. The number of likely N-dealkylation sites (tertiary alicyclic amines) is 1. The standard InChI is InChI=1S/C42H49F3N8O3/c1-42(2,45)36-11-5-8-31(47-36)39(54)48-33-21-27-24-52(49-32(27)22-30(33)38(43)44)28-14-12-25(13-15-28)23-51-19-16-26(17-20-51)29-7-4-9-34-37(29)50(3)41(56)53(34)35-10-6-18-46-40(35)55/h4-5,7-9,11,21-22,24-26,28,35,38H,6,10,12-20,23H2,1-3H3,(H,46,55)(H,48,54). The van der Waals surface area contributed by atoms with E-state index in [0.717, 1.165) is 75.6 Å². The summed E-state index contributed by atoms with van der Waals surface area (Å²) in [5.74, 6) is 0.101. The lowest BCUT2D eigenvalue weighted by Gasteiger charge is -2.37. The molecule has 11 nitrogen and oxygen atoms in total. The van der Waals surface area contributed by atoms with E-state index >= 15 is 0 Å². The molecular weight excluding hydrogens is 722 g/mol. The number of imidazole rings is 1. The van der Waals surface area contributed by atoms with Crippen molar-refractivity contribution in [3.05, 3.63) is 87.7 Å². The van der Waals surface area contributed by atoms with Crippen molar-refractivity contribution < 1.29 is 22.8 Å². The molecule has 14 heteroatoms. The minimum atomic E-state index is -2.84. The van der Waals surface area contributed by atoms with Crippen LogP contribution in [0.15, 0.2) is 59.5 Å². The van der Waals surface area contributed by atoms with Gasteiger partial charge in [0.2, 0.25) is 5.91 Å². The number of alkyl halides is 3. The summed E-state index contributed by atoms with van der Waals surface area (Å²) >= 11 is 0. The van der Waals surface area contributed by atoms with Gasteiger partial charge in [0.25, 0.3) is 12.3 Å². The molecule has 3 fully saturated rings.